The highest BCUT2D eigenvalue weighted by atomic mass is 35.5. The number of nitrogens with zero attached hydrogens (tertiary/aromatic N) is 1. The van der Waals surface area contributed by atoms with Crippen molar-refractivity contribution in [2.45, 2.75) is 32.7 Å². The first-order valence-electron chi connectivity index (χ1n) is 6.02. The van der Waals surface area contributed by atoms with Gasteiger partial charge < -0.3 is 4.74 Å². The molecular formula is C13H17Cl2NO2. The lowest BCUT2D eigenvalue weighted by atomic mass is 9.95. The van der Waals surface area contributed by atoms with Gasteiger partial charge in [-0.05, 0) is 18.1 Å². The second-order valence-electron chi connectivity index (χ2n) is 4.14. The highest BCUT2D eigenvalue weighted by Gasteiger charge is 2.20. The van der Waals surface area contributed by atoms with Crippen LogP contribution in [-0.4, -0.2) is 12.6 Å². The Morgan fingerprint density at radius 1 is 1.22 bits per heavy atom. The molecule has 3 nitrogen and oxygen atoms in total. The predicted molar refractivity (Wildman–Crippen MR) is 75.6 cm³/mol. The van der Waals surface area contributed by atoms with Crippen molar-refractivity contribution >= 4 is 23.2 Å². The Kier molecular flexibility index (Phi) is 6.44. The topological polar surface area (TPSA) is 38.7 Å². The van der Waals surface area contributed by atoms with Crippen LogP contribution in [0.1, 0.15) is 26.7 Å². The molecule has 0 saturated carbocycles. The summed E-state index contributed by atoms with van der Waals surface area (Å²) in [5.74, 6) is 0.856. The number of benzene rings is 1. The van der Waals surface area contributed by atoms with Crippen LogP contribution in [0.25, 0.3) is 0 Å². The molecule has 0 N–H and O–H groups in total. The molecule has 0 fully saturated rings. The molecule has 0 aromatic heterocycles. The maximum atomic E-state index is 10.8. The number of hydrogen-bond acceptors (Lipinski definition) is 3. The highest BCUT2D eigenvalue weighted by Crippen LogP contribution is 2.27. The Balaban J connectivity index is 2.62. The summed E-state index contributed by atoms with van der Waals surface area (Å²) in [5.41, 5.74) is 0. The van der Waals surface area contributed by atoms with Crippen molar-refractivity contribution in [1.29, 1.82) is 0 Å². The van der Waals surface area contributed by atoms with E-state index in [1.807, 2.05) is 13.8 Å². The zero-order valence-electron chi connectivity index (χ0n) is 10.5. The molecule has 1 aromatic carbocycles. The fourth-order valence-corrected chi connectivity index (χ4v) is 2.12. The van der Waals surface area contributed by atoms with Crippen molar-refractivity contribution in [3.8, 4) is 5.75 Å². The first kappa shape index (κ1) is 15.3. The molecule has 0 aliphatic rings. The summed E-state index contributed by atoms with van der Waals surface area (Å²) in [6.45, 7) is 4.37. The molecule has 1 aromatic rings. The number of ether oxygens (including phenoxy) is 1. The van der Waals surface area contributed by atoms with E-state index in [0.29, 0.717) is 15.8 Å². The molecule has 1 rings (SSSR count). The lowest BCUT2D eigenvalue weighted by molar-refractivity contribution is 0.239. The quantitative estimate of drug-likeness (QED) is 0.667. The van der Waals surface area contributed by atoms with Crippen LogP contribution in [0.4, 0.5) is 0 Å². The molecule has 0 radical (unpaired) electrons. The lowest BCUT2D eigenvalue weighted by Gasteiger charge is -2.19. The summed E-state index contributed by atoms with van der Waals surface area (Å²) in [6.07, 6.45) is 1.83. The lowest BCUT2D eigenvalue weighted by Crippen LogP contribution is -2.24. The zero-order chi connectivity index (χ0) is 13.5. The Morgan fingerprint density at radius 3 is 2.39 bits per heavy atom. The van der Waals surface area contributed by atoms with Gasteiger partial charge in [-0.15, -0.1) is 0 Å². The van der Waals surface area contributed by atoms with Gasteiger partial charge in [0.15, 0.2) is 0 Å². The molecule has 0 amide bonds. The Morgan fingerprint density at radius 2 is 1.89 bits per heavy atom. The maximum absolute atomic E-state index is 10.8. The summed E-state index contributed by atoms with van der Waals surface area (Å²) in [5, 5.41) is 4.07. The van der Waals surface area contributed by atoms with Crippen molar-refractivity contribution in [3.05, 3.63) is 33.2 Å². The van der Waals surface area contributed by atoms with Gasteiger partial charge in [-0.1, -0.05) is 55.1 Å². The van der Waals surface area contributed by atoms with E-state index in [2.05, 4.69) is 5.18 Å². The minimum Gasteiger partial charge on any atom is -0.491 e. The third-order valence-corrected chi connectivity index (χ3v) is 3.78. The molecule has 1 unspecified atom stereocenters. The van der Waals surface area contributed by atoms with Crippen LogP contribution in [0.3, 0.4) is 0 Å². The standard InChI is InChI=1S/C13H17Cl2NO2/c1-3-9(4-2)13(16-17)8-18-10-5-6-11(14)12(15)7-10/h5-7,9,13H,3-4,8H2,1-2H3. The Labute approximate surface area is 117 Å². The van der Waals surface area contributed by atoms with E-state index in [4.69, 9.17) is 27.9 Å². The van der Waals surface area contributed by atoms with Gasteiger partial charge in [0.2, 0.25) is 0 Å². The molecule has 0 aliphatic carbocycles. The number of nitroso groups, excluding NO2 is 1. The van der Waals surface area contributed by atoms with Gasteiger partial charge in [0, 0.05) is 6.07 Å². The SMILES string of the molecule is CCC(CC)C(COc1ccc(Cl)c(Cl)c1)N=O. The molecule has 0 aliphatic heterocycles. The maximum Gasteiger partial charge on any atom is 0.129 e. The van der Waals surface area contributed by atoms with Crippen LogP contribution in [-0.2, 0) is 0 Å². The zero-order valence-corrected chi connectivity index (χ0v) is 12.0. The minimum absolute atomic E-state index is 0.255. The number of halogens is 2. The van der Waals surface area contributed by atoms with E-state index in [1.54, 1.807) is 18.2 Å². The van der Waals surface area contributed by atoms with E-state index in [9.17, 15) is 4.91 Å². The largest absolute Gasteiger partial charge is 0.491 e. The van der Waals surface area contributed by atoms with Crippen molar-refractivity contribution in [3.63, 3.8) is 0 Å². The fourth-order valence-electron chi connectivity index (χ4n) is 1.83. The third kappa shape index (κ3) is 4.14. The van der Waals surface area contributed by atoms with Gasteiger partial charge in [0.1, 0.15) is 18.4 Å². The first-order valence-corrected chi connectivity index (χ1v) is 6.78. The molecular weight excluding hydrogens is 273 g/mol. The van der Waals surface area contributed by atoms with Gasteiger partial charge in [-0.2, -0.15) is 4.91 Å². The summed E-state index contributed by atoms with van der Waals surface area (Å²) < 4.78 is 5.54. The van der Waals surface area contributed by atoms with Crippen molar-refractivity contribution < 1.29 is 4.74 Å². The van der Waals surface area contributed by atoms with E-state index in [-0.39, 0.29) is 18.6 Å². The molecule has 100 valence electrons. The average molecular weight is 290 g/mol. The van der Waals surface area contributed by atoms with Crippen LogP contribution >= 0.6 is 23.2 Å². The van der Waals surface area contributed by atoms with Crippen molar-refractivity contribution in [2.75, 3.05) is 6.61 Å². The monoisotopic (exact) mass is 289 g/mol. The summed E-state index contributed by atoms with van der Waals surface area (Å²) in [7, 11) is 0. The van der Waals surface area contributed by atoms with Gasteiger partial charge in [0.05, 0.1) is 10.0 Å². The summed E-state index contributed by atoms with van der Waals surface area (Å²) >= 11 is 11.7. The Hall–Kier alpha value is -0.800. The van der Waals surface area contributed by atoms with Gasteiger partial charge >= 0.3 is 0 Å². The molecule has 0 bridgehead atoms. The molecule has 18 heavy (non-hydrogen) atoms. The second kappa shape index (κ2) is 7.59. The Bertz CT molecular complexity index is 395. The predicted octanol–water partition coefficient (Wildman–Crippen LogP) is 4.94. The van der Waals surface area contributed by atoms with Gasteiger partial charge in [0.25, 0.3) is 0 Å². The molecule has 5 heteroatoms. The summed E-state index contributed by atoms with van der Waals surface area (Å²) in [4.78, 5) is 10.8. The van der Waals surface area contributed by atoms with Crippen molar-refractivity contribution in [1.82, 2.24) is 0 Å². The van der Waals surface area contributed by atoms with E-state index >= 15 is 0 Å². The van der Waals surface area contributed by atoms with Crippen LogP contribution < -0.4 is 4.74 Å². The van der Waals surface area contributed by atoms with Gasteiger partial charge in [-0.3, -0.25) is 0 Å². The summed E-state index contributed by atoms with van der Waals surface area (Å²) in [6, 6.07) is 4.70. The molecule has 0 spiro atoms. The average Bonchev–Trinajstić information content (AvgIpc) is 2.38. The first-order chi connectivity index (χ1) is 8.62. The highest BCUT2D eigenvalue weighted by molar-refractivity contribution is 6.42. The van der Waals surface area contributed by atoms with Crippen LogP contribution in [0.15, 0.2) is 23.4 Å². The van der Waals surface area contributed by atoms with E-state index in [0.717, 1.165) is 12.8 Å². The normalized spacial score (nSPS) is 12.5. The molecule has 0 saturated heterocycles. The number of rotatable bonds is 7. The smallest absolute Gasteiger partial charge is 0.129 e. The van der Waals surface area contributed by atoms with E-state index in [1.165, 1.54) is 0 Å². The van der Waals surface area contributed by atoms with Crippen molar-refractivity contribution in [2.24, 2.45) is 11.1 Å². The number of hydrogen-bond donors (Lipinski definition) is 0. The van der Waals surface area contributed by atoms with Crippen LogP contribution in [0.2, 0.25) is 10.0 Å². The second-order valence-corrected chi connectivity index (χ2v) is 4.95. The van der Waals surface area contributed by atoms with Crippen LogP contribution in [0.5, 0.6) is 5.75 Å². The fraction of sp³-hybridized carbons (Fsp3) is 0.538. The van der Waals surface area contributed by atoms with Gasteiger partial charge in [-0.25, -0.2) is 0 Å². The van der Waals surface area contributed by atoms with E-state index < -0.39 is 0 Å². The third-order valence-electron chi connectivity index (χ3n) is 3.04. The molecule has 1 atom stereocenters. The minimum atomic E-state index is -0.325. The molecule has 0 heterocycles. The van der Waals surface area contributed by atoms with Crippen LogP contribution in [0, 0.1) is 10.8 Å².